The Hall–Kier alpha value is -3.09. The molecular weight excluding hydrogens is 332 g/mol. The monoisotopic (exact) mass is 352 g/mol. The number of carbonyl (C=O) groups is 1. The van der Waals surface area contributed by atoms with Crippen molar-refractivity contribution in [2.75, 3.05) is 18.0 Å². The van der Waals surface area contributed by atoms with Crippen molar-refractivity contribution in [2.45, 2.75) is 25.4 Å². The minimum atomic E-state index is -0.514. The summed E-state index contributed by atoms with van der Waals surface area (Å²) < 4.78 is 6.54. The quantitative estimate of drug-likeness (QED) is 0.774. The second-order valence-corrected chi connectivity index (χ2v) is 6.46. The van der Waals surface area contributed by atoms with E-state index >= 15 is 0 Å². The van der Waals surface area contributed by atoms with Gasteiger partial charge in [0.15, 0.2) is 5.58 Å². The molecule has 0 radical (unpaired) electrons. The second kappa shape index (κ2) is 7.03. The first-order valence-electron chi connectivity index (χ1n) is 8.74. The van der Waals surface area contributed by atoms with Gasteiger partial charge >= 0.3 is 5.76 Å². The maximum absolute atomic E-state index is 12.5. The Labute approximate surface area is 150 Å². The number of hydrogen-bond donors (Lipinski definition) is 1. The van der Waals surface area contributed by atoms with Crippen LogP contribution in [-0.4, -0.2) is 34.6 Å². The van der Waals surface area contributed by atoms with Crippen molar-refractivity contribution in [3.63, 3.8) is 0 Å². The van der Waals surface area contributed by atoms with Gasteiger partial charge in [0.2, 0.25) is 5.91 Å². The van der Waals surface area contributed by atoms with E-state index in [9.17, 15) is 9.59 Å². The number of benzene rings is 1. The van der Waals surface area contributed by atoms with Crippen molar-refractivity contribution in [2.24, 2.45) is 0 Å². The lowest BCUT2D eigenvalue weighted by molar-refractivity contribution is -0.122. The summed E-state index contributed by atoms with van der Waals surface area (Å²) in [5.41, 5.74) is 1.12. The van der Waals surface area contributed by atoms with Gasteiger partial charge in [0.05, 0.1) is 5.52 Å². The maximum Gasteiger partial charge on any atom is 0.420 e. The van der Waals surface area contributed by atoms with Crippen molar-refractivity contribution in [1.29, 1.82) is 0 Å². The second-order valence-electron chi connectivity index (χ2n) is 6.46. The molecule has 0 bridgehead atoms. The van der Waals surface area contributed by atoms with Gasteiger partial charge in [-0.25, -0.2) is 9.78 Å². The number of oxazole rings is 1. The van der Waals surface area contributed by atoms with E-state index in [2.05, 4.69) is 15.2 Å². The van der Waals surface area contributed by atoms with Gasteiger partial charge in [-0.3, -0.25) is 9.36 Å². The highest BCUT2D eigenvalue weighted by Gasteiger charge is 2.23. The van der Waals surface area contributed by atoms with E-state index in [0.29, 0.717) is 17.6 Å². The molecule has 1 atom stereocenters. The van der Waals surface area contributed by atoms with Crippen LogP contribution in [-0.2, 0) is 11.3 Å². The molecule has 3 heterocycles. The minimum absolute atomic E-state index is 0.0344. The van der Waals surface area contributed by atoms with Gasteiger partial charge in [-0.2, -0.15) is 0 Å². The van der Waals surface area contributed by atoms with E-state index in [1.165, 1.54) is 4.57 Å². The van der Waals surface area contributed by atoms with Gasteiger partial charge in [-0.15, -0.1) is 0 Å². The molecule has 26 heavy (non-hydrogen) atoms. The van der Waals surface area contributed by atoms with E-state index in [1.54, 1.807) is 24.4 Å². The number of hydrogen-bond acceptors (Lipinski definition) is 5. The van der Waals surface area contributed by atoms with Crippen LogP contribution < -0.4 is 16.0 Å². The first-order chi connectivity index (χ1) is 12.7. The van der Waals surface area contributed by atoms with Crippen LogP contribution in [0.15, 0.2) is 57.9 Å². The molecule has 0 saturated carbocycles. The van der Waals surface area contributed by atoms with E-state index < -0.39 is 5.76 Å². The van der Waals surface area contributed by atoms with Crippen LogP contribution in [0.1, 0.15) is 12.8 Å². The molecule has 2 aromatic heterocycles. The zero-order valence-electron chi connectivity index (χ0n) is 14.3. The molecule has 4 rings (SSSR count). The summed E-state index contributed by atoms with van der Waals surface area (Å²) in [7, 11) is 0. The highest BCUT2D eigenvalue weighted by molar-refractivity contribution is 5.79. The zero-order valence-corrected chi connectivity index (χ0v) is 14.3. The molecular formula is C19H20N4O3. The number of nitrogens with zero attached hydrogens (tertiary/aromatic N) is 3. The number of piperidine rings is 1. The van der Waals surface area contributed by atoms with Gasteiger partial charge in [-0.1, -0.05) is 18.2 Å². The van der Waals surface area contributed by atoms with Crippen LogP contribution >= 0.6 is 0 Å². The third-order valence-corrected chi connectivity index (χ3v) is 4.64. The molecule has 0 spiro atoms. The minimum Gasteiger partial charge on any atom is -0.408 e. The van der Waals surface area contributed by atoms with Gasteiger partial charge in [-0.05, 0) is 37.1 Å². The Kier molecular flexibility index (Phi) is 4.43. The summed E-state index contributed by atoms with van der Waals surface area (Å²) in [5, 5.41) is 3.04. The van der Waals surface area contributed by atoms with E-state index in [1.807, 2.05) is 24.3 Å². The molecule has 1 aromatic carbocycles. The Balaban J connectivity index is 1.43. The molecule has 1 aliphatic rings. The highest BCUT2D eigenvalue weighted by atomic mass is 16.4. The highest BCUT2D eigenvalue weighted by Crippen LogP contribution is 2.17. The summed E-state index contributed by atoms with van der Waals surface area (Å²) in [6.07, 6.45) is 3.67. The third-order valence-electron chi connectivity index (χ3n) is 4.64. The molecule has 134 valence electrons. The SMILES string of the molecule is O=C(Cn1c(=O)oc2ccccc21)NC1CCCN(c2ccccn2)C1. The summed E-state index contributed by atoms with van der Waals surface area (Å²) in [6, 6.07) is 13.0. The lowest BCUT2D eigenvalue weighted by Crippen LogP contribution is -2.49. The zero-order chi connectivity index (χ0) is 17.9. The third kappa shape index (κ3) is 3.33. The molecule has 1 unspecified atom stereocenters. The summed E-state index contributed by atoms with van der Waals surface area (Å²) >= 11 is 0. The fourth-order valence-corrected chi connectivity index (χ4v) is 3.42. The number of pyridine rings is 1. The Morgan fingerprint density at radius 3 is 2.92 bits per heavy atom. The first-order valence-corrected chi connectivity index (χ1v) is 8.74. The number of aromatic nitrogens is 2. The van der Waals surface area contributed by atoms with Crippen LogP contribution in [0.5, 0.6) is 0 Å². The maximum atomic E-state index is 12.5. The predicted molar refractivity (Wildman–Crippen MR) is 98.1 cm³/mol. The number of para-hydroxylation sites is 2. The van der Waals surface area contributed by atoms with Crippen LogP contribution in [0, 0.1) is 0 Å². The number of amides is 1. The summed E-state index contributed by atoms with van der Waals surface area (Å²) in [4.78, 5) is 31.0. The average Bonchev–Trinajstić information content (AvgIpc) is 2.98. The van der Waals surface area contributed by atoms with Gasteiger partial charge in [0.25, 0.3) is 0 Å². The Morgan fingerprint density at radius 1 is 1.23 bits per heavy atom. The van der Waals surface area contributed by atoms with Crippen molar-refractivity contribution in [3.05, 3.63) is 59.2 Å². The summed E-state index contributed by atoms with van der Waals surface area (Å²) in [5.74, 6) is 0.218. The molecule has 1 N–H and O–H groups in total. The molecule has 7 nitrogen and oxygen atoms in total. The van der Waals surface area contributed by atoms with Crippen molar-refractivity contribution < 1.29 is 9.21 Å². The fourth-order valence-electron chi connectivity index (χ4n) is 3.42. The number of rotatable bonds is 4. The number of carbonyl (C=O) groups excluding carboxylic acids is 1. The molecule has 1 saturated heterocycles. The largest absolute Gasteiger partial charge is 0.420 e. The normalized spacial score (nSPS) is 17.4. The van der Waals surface area contributed by atoms with Crippen molar-refractivity contribution in [1.82, 2.24) is 14.9 Å². The average molecular weight is 352 g/mol. The number of nitrogens with one attached hydrogen (secondary N) is 1. The molecule has 7 heteroatoms. The number of anilines is 1. The Bertz CT molecular complexity index is 964. The molecule has 3 aromatic rings. The number of fused-ring (bicyclic) bond motifs is 1. The van der Waals surface area contributed by atoms with Crippen molar-refractivity contribution in [3.8, 4) is 0 Å². The van der Waals surface area contributed by atoms with E-state index in [-0.39, 0.29) is 18.5 Å². The molecule has 1 fully saturated rings. The predicted octanol–water partition coefficient (Wildman–Crippen LogP) is 1.77. The molecule has 0 aliphatic carbocycles. The van der Waals surface area contributed by atoms with Gasteiger partial charge < -0.3 is 14.6 Å². The smallest absolute Gasteiger partial charge is 0.408 e. The summed E-state index contributed by atoms with van der Waals surface area (Å²) in [6.45, 7) is 1.59. The lowest BCUT2D eigenvalue weighted by atomic mass is 10.1. The van der Waals surface area contributed by atoms with Crippen LogP contribution in [0.4, 0.5) is 5.82 Å². The van der Waals surface area contributed by atoms with Gasteiger partial charge in [0.1, 0.15) is 12.4 Å². The van der Waals surface area contributed by atoms with Gasteiger partial charge in [0, 0.05) is 25.3 Å². The first kappa shape index (κ1) is 16.4. The molecule has 1 amide bonds. The van der Waals surface area contributed by atoms with E-state index in [4.69, 9.17) is 4.42 Å². The van der Waals surface area contributed by atoms with Crippen LogP contribution in [0.25, 0.3) is 11.1 Å². The Morgan fingerprint density at radius 2 is 2.08 bits per heavy atom. The lowest BCUT2D eigenvalue weighted by Gasteiger charge is -2.33. The van der Waals surface area contributed by atoms with E-state index in [0.717, 1.165) is 25.2 Å². The topological polar surface area (TPSA) is 80.4 Å². The van der Waals surface area contributed by atoms with Crippen LogP contribution in [0.2, 0.25) is 0 Å². The standard InChI is InChI=1S/C19H20N4O3/c24-18(13-23-15-7-1-2-8-16(15)26-19(23)25)21-14-6-5-11-22(12-14)17-9-3-4-10-20-17/h1-4,7-10,14H,5-6,11-13H2,(H,21,24). The fraction of sp³-hybridized carbons (Fsp3) is 0.316. The molecule has 1 aliphatic heterocycles. The van der Waals surface area contributed by atoms with Crippen LogP contribution in [0.3, 0.4) is 0 Å². The van der Waals surface area contributed by atoms with Crippen molar-refractivity contribution >= 4 is 22.8 Å².